The van der Waals surface area contributed by atoms with Crippen molar-refractivity contribution in [3.8, 4) is 5.75 Å². The van der Waals surface area contributed by atoms with Gasteiger partial charge in [0.15, 0.2) is 18.5 Å². The molecule has 0 bridgehead atoms. The number of thioether (sulfide) groups is 1. The number of hydrogen-bond acceptors (Lipinski definition) is 11. The molecule has 2 atom stereocenters. The van der Waals surface area contributed by atoms with Crippen molar-refractivity contribution < 1.29 is 52.3 Å². The number of likely N-dealkylation sites (tertiary alicyclic amines) is 1. The third kappa shape index (κ3) is 11.8. The molecule has 0 saturated carbocycles. The maximum atomic E-state index is 14.5. The number of amides is 4. The molecule has 3 aliphatic heterocycles. The first-order chi connectivity index (χ1) is 30.9. The number of aromatic nitrogens is 1. The molecule has 3 aromatic carbocycles. The van der Waals surface area contributed by atoms with Crippen molar-refractivity contribution in [1.82, 2.24) is 15.1 Å². The van der Waals surface area contributed by atoms with Crippen LogP contribution >= 0.6 is 11.8 Å². The molecule has 3 aliphatic rings. The van der Waals surface area contributed by atoms with E-state index in [0.717, 1.165) is 16.7 Å². The van der Waals surface area contributed by atoms with Crippen molar-refractivity contribution in [2.24, 2.45) is 0 Å². The number of carbonyl (C=O) groups excluding carboxylic acids is 6. The van der Waals surface area contributed by atoms with Gasteiger partial charge in [0.1, 0.15) is 34.1 Å². The standard InChI is InChI=1S/C49H51N5O10S/c1-48(2,3)63-46(59)51-39-43(57)54-40(45(58)62-41(32-14-9-7-10-15-32)33-16-11-8-12-17-33)35(30-65-44(39)54)26-34-22-25-53(42(34)56)28-31-20-23-52(24-21-31)29-38(55)50-36-18-13-19-37(27-36)61-47(60)64-49(4,5)6/h7-21,23-24,26-27,39,41,44H,22,25,28-30H2,1-6H3,(H-,50,51,55,59)/p+1/t39-,44-/m1/s1. The summed E-state index contributed by atoms with van der Waals surface area (Å²) in [7, 11) is 0. The van der Waals surface area contributed by atoms with Gasteiger partial charge < -0.3 is 34.5 Å². The molecule has 338 valence electrons. The van der Waals surface area contributed by atoms with Crippen molar-refractivity contribution in [1.29, 1.82) is 0 Å². The van der Waals surface area contributed by atoms with Crippen LogP contribution in [0.4, 0.5) is 15.3 Å². The third-order valence-corrected chi connectivity index (χ3v) is 11.5. The molecule has 0 radical (unpaired) electrons. The van der Waals surface area contributed by atoms with Gasteiger partial charge in [0, 0.05) is 48.3 Å². The zero-order chi connectivity index (χ0) is 46.5. The highest BCUT2D eigenvalue weighted by atomic mass is 32.2. The summed E-state index contributed by atoms with van der Waals surface area (Å²) >= 11 is 1.37. The predicted molar refractivity (Wildman–Crippen MR) is 241 cm³/mol. The summed E-state index contributed by atoms with van der Waals surface area (Å²) < 4.78 is 23.8. The van der Waals surface area contributed by atoms with E-state index in [1.165, 1.54) is 22.7 Å². The number of rotatable bonds is 12. The highest BCUT2D eigenvalue weighted by Gasteiger charge is 2.55. The Labute approximate surface area is 381 Å². The van der Waals surface area contributed by atoms with Crippen LogP contribution in [0.3, 0.4) is 0 Å². The quantitative estimate of drug-likeness (QED) is 0.0375. The lowest BCUT2D eigenvalue weighted by Gasteiger charge is -2.49. The van der Waals surface area contributed by atoms with Crippen LogP contribution in [0.25, 0.3) is 0 Å². The van der Waals surface area contributed by atoms with Crippen LogP contribution in [0.15, 0.2) is 132 Å². The summed E-state index contributed by atoms with van der Waals surface area (Å²) in [5.41, 5.74) is 2.22. The largest absolute Gasteiger partial charge is 0.514 e. The predicted octanol–water partition coefficient (Wildman–Crippen LogP) is 6.98. The second-order valence-corrected chi connectivity index (χ2v) is 18.8. The van der Waals surface area contributed by atoms with Crippen molar-refractivity contribution in [2.75, 3.05) is 17.6 Å². The van der Waals surface area contributed by atoms with Gasteiger partial charge in [0.25, 0.3) is 11.8 Å². The van der Waals surface area contributed by atoms with E-state index in [-0.39, 0.29) is 35.6 Å². The maximum absolute atomic E-state index is 14.5. The van der Waals surface area contributed by atoms with Gasteiger partial charge in [-0.05, 0) is 88.4 Å². The monoisotopic (exact) mass is 902 g/mol. The first-order valence-corrected chi connectivity index (χ1v) is 22.2. The van der Waals surface area contributed by atoms with Crippen LogP contribution in [0.1, 0.15) is 70.8 Å². The zero-order valence-corrected chi connectivity index (χ0v) is 37.9. The molecule has 4 heterocycles. The van der Waals surface area contributed by atoms with E-state index in [1.54, 1.807) is 87.7 Å². The molecule has 65 heavy (non-hydrogen) atoms. The van der Waals surface area contributed by atoms with Gasteiger partial charge in [-0.2, -0.15) is 4.57 Å². The fourth-order valence-corrected chi connectivity index (χ4v) is 8.68. The Hall–Kier alpha value is -6.94. The molecule has 4 aromatic rings. The van der Waals surface area contributed by atoms with E-state index in [4.69, 9.17) is 18.9 Å². The lowest BCUT2D eigenvalue weighted by atomic mass is 10.00. The Kier molecular flexibility index (Phi) is 13.8. The smallest absolute Gasteiger partial charge is 0.448 e. The number of fused-ring (bicyclic) bond motifs is 1. The van der Waals surface area contributed by atoms with Crippen molar-refractivity contribution in [3.05, 3.63) is 149 Å². The number of nitrogens with one attached hydrogen (secondary N) is 2. The molecule has 0 unspecified atom stereocenters. The van der Waals surface area contributed by atoms with Gasteiger partial charge in [-0.15, -0.1) is 11.8 Å². The molecular formula is C49H52N5O10S+. The molecule has 15 nitrogen and oxygen atoms in total. The molecular weight excluding hydrogens is 851 g/mol. The molecule has 0 spiro atoms. The van der Waals surface area contributed by atoms with Gasteiger partial charge in [0.05, 0.1) is 0 Å². The fraction of sp³-hybridized carbons (Fsp3) is 0.327. The molecule has 2 fully saturated rings. The number of benzene rings is 3. The van der Waals surface area contributed by atoms with Crippen LogP contribution in [-0.2, 0) is 46.5 Å². The number of carbonyl (C=O) groups is 6. The lowest BCUT2D eigenvalue weighted by Crippen LogP contribution is -2.70. The summed E-state index contributed by atoms with van der Waals surface area (Å²) in [6, 6.07) is 27.8. The highest BCUT2D eigenvalue weighted by Crippen LogP contribution is 2.43. The Morgan fingerprint density at radius 3 is 2.12 bits per heavy atom. The number of alkyl carbamates (subject to hydrolysis) is 1. The Balaban J connectivity index is 1.04. The molecule has 0 aliphatic carbocycles. The summed E-state index contributed by atoms with van der Waals surface area (Å²) in [4.78, 5) is 83.1. The Morgan fingerprint density at radius 2 is 1.49 bits per heavy atom. The van der Waals surface area contributed by atoms with Gasteiger partial charge in [-0.25, -0.2) is 14.4 Å². The van der Waals surface area contributed by atoms with Crippen LogP contribution in [0.2, 0.25) is 0 Å². The second kappa shape index (κ2) is 19.4. The SMILES string of the molecule is CC(C)(C)OC(=O)N[C@@H]1C(=O)N2C(C(=O)OC(c3ccccc3)c3ccccc3)=C(C=C3CCN(Cc4cc[n+](CC(=O)Nc5cccc(OC(=O)OC(C)(C)C)c5)cc4)C3=O)CS[C@H]12. The third-order valence-electron chi connectivity index (χ3n) is 10.2. The van der Waals surface area contributed by atoms with E-state index in [2.05, 4.69) is 10.6 Å². The number of anilines is 1. The normalized spacial score (nSPS) is 17.9. The van der Waals surface area contributed by atoms with E-state index in [1.807, 2.05) is 72.8 Å². The van der Waals surface area contributed by atoms with Crippen LogP contribution in [0, 0.1) is 0 Å². The number of ether oxygens (including phenoxy) is 4. The maximum Gasteiger partial charge on any atom is 0.514 e. The highest BCUT2D eigenvalue weighted by molar-refractivity contribution is 8.00. The number of allylic oxidation sites excluding steroid dienone is 1. The fourth-order valence-electron chi connectivity index (χ4n) is 7.38. The van der Waals surface area contributed by atoms with Crippen LogP contribution < -0.4 is 19.9 Å². The Bertz CT molecular complexity index is 2480. The van der Waals surface area contributed by atoms with Crippen molar-refractivity contribution in [2.45, 2.75) is 89.8 Å². The first-order valence-electron chi connectivity index (χ1n) is 21.2. The summed E-state index contributed by atoms with van der Waals surface area (Å²) in [6.07, 6.45) is 3.21. The van der Waals surface area contributed by atoms with Crippen LogP contribution in [0.5, 0.6) is 5.75 Å². The van der Waals surface area contributed by atoms with Gasteiger partial charge in [-0.3, -0.25) is 19.3 Å². The summed E-state index contributed by atoms with van der Waals surface area (Å²) in [5, 5.41) is 4.87. The van der Waals surface area contributed by atoms with Gasteiger partial charge >= 0.3 is 18.2 Å². The number of esters is 1. The van der Waals surface area contributed by atoms with Gasteiger partial charge in [0.2, 0.25) is 12.5 Å². The number of β-lactam (4-membered cyclic amide) rings is 1. The summed E-state index contributed by atoms with van der Waals surface area (Å²) in [5.74, 6) is -1.27. The van der Waals surface area contributed by atoms with E-state index < -0.39 is 52.8 Å². The molecule has 1 aromatic heterocycles. The molecule has 16 heteroatoms. The average molecular weight is 903 g/mol. The average Bonchev–Trinajstić information content (AvgIpc) is 3.58. The number of hydrogen-bond donors (Lipinski definition) is 2. The van der Waals surface area contributed by atoms with Crippen molar-refractivity contribution in [3.63, 3.8) is 0 Å². The first kappa shape index (κ1) is 46.1. The molecule has 2 saturated heterocycles. The van der Waals surface area contributed by atoms with E-state index in [0.29, 0.717) is 36.3 Å². The molecule has 7 rings (SSSR count). The second-order valence-electron chi connectivity index (χ2n) is 17.7. The number of nitrogens with zero attached hydrogens (tertiary/aromatic N) is 3. The topological polar surface area (TPSA) is 174 Å². The Morgan fingerprint density at radius 1 is 0.846 bits per heavy atom. The summed E-state index contributed by atoms with van der Waals surface area (Å²) in [6.45, 7) is 11.1. The minimum atomic E-state index is -0.933. The van der Waals surface area contributed by atoms with Crippen molar-refractivity contribution >= 4 is 53.4 Å². The minimum Gasteiger partial charge on any atom is -0.448 e. The minimum absolute atomic E-state index is 0.000483. The van der Waals surface area contributed by atoms with Gasteiger partial charge in [-0.1, -0.05) is 66.7 Å². The molecule has 4 amide bonds. The van der Waals surface area contributed by atoms with Crippen LogP contribution in [-0.4, -0.2) is 80.7 Å². The van der Waals surface area contributed by atoms with E-state index in [9.17, 15) is 28.8 Å². The molecule has 2 N–H and O–H groups in total. The lowest BCUT2D eigenvalue weighted by molar-refractivity contribution is -0.684. The van der Waals surface area contributed by atoms with E-state index >= 15 is 0 Å². The zero-order valence-electron chi connectivity index (χ0n) is 37.1. The number of pyridine rings is 1.